The third kappa shape index (κ3) is 4.47. The number of likely N-dealkylation sites (tertiary alicyclic amines) is 1. The van der Waals surface area contributed by atoms with E-state index in [0.29, 0.717) is 18.7 Å². The Morgan fingerprint density at radius 3 is 2.22 bits per heavy atom. The van der Waals surface area contributed by atoms with Crippen LogP contribution in [0.2, 0.25) is 0 Å². The van der Waals surface area contributed by atoms with Crippen molar-refractivity contribution in [3.8, 4) is 0 Å². The van der Waals surface area contributed by atoms with Crippen molar-refractivity contribution in [3.63, 3.8) is 0 Å². The largest absolute Gasteiger partial charge is 0.349 e. The number of urea groups is 1. The number of piperidine rings is 1. The molecule has 0 aromatic heterocycles. The number of aryl methyl sites for hydroxylation is 1. The summed E-state index contributed by atoms with van der Waals surface area (Å²) in [5.74, 6) is -0.0291. The first kappa shape index (κ1) is 17.3. The molecule has 126 valence electrons. The van der Waals surface area contributed by atoms with Crippen molar-refractivity contribution in [1.82, 2.24) is 15.1 Å². The van der Waals surface area contributed by atoms with E-state index in [1.807, 2.05) is 54.8 Å². The first-order valence-electron chi connectivity index (χ1n) is 8.46. The Morgan fingerprint density at radius 1 is 1.13 bits per heavy atom. The van der Waals surface area contributed by atoms with Gasteiger partial charge in [-0.1, -0.05) is 17.7 Å². The standard InChI is InChI=1S/C18H27N3O2/c1-4-20(5-2)18(23)21-12-10-16(11-13-21)19-17(22)15-8-6-14(3)7-9-15/h6-9,16H,4-5,10-13H2,1-3H3,(H,19,22). The first-order valence-corrected chi connectivity index (χ1v) is 8.46. The minimum Gasteiger partial charge on any atom is -0.349 e. The molecule has 0 saturated carbocycles. The Bertz CT molecular complexity index is 530. The molecule has 1 aliphatic heterocycles. The summed E-state index contributed by atoms with van der Waals surface area (Å²) in [5, 5.41) is 3.08. The minimum atomic E-state index is -0.0291. The van der Waals surface area contributed by atoms with Crippen LogP contribution in [0.5, 0.6) is 0 Å². The van der Waals surface area contributed by atoms with Gasteiger partial charge in [-0.15, -0.1) is 0 Å². The topological polar surface area (TPSA) is 52.7 Å². The molecule has 0 radical (unpaired) electrons. The molecule has 1 aromatic carbocycles. The van der Waals surface area contributed by atoms with Gasteiger partial charge in [0.15, 0.2) is 0 Å². The van der Waals surface area contributed by atoms with Crippen LogP contribution >= 0.6 is 0 Å². The highest BCUT2D eigenvalue weighted by atomic mass is 16.2. The quantitative estimate of drug-likeness (QED) is 0.928. The molecule has 1 fully saturated rings. The van der Waals surface area contributed by atoms with Gasteiger partial charge in [-0.2, -0.15) is 0 Å². The molecular formula is C18H27N3O2. The molecule has 2 rings (SSSR count). The van der Waals surface area contributed by atoms with Crippen LogP contribution < -0.4 is 5.32 Å². The number of amides is 3. The fraction of sp³-hybridized carbons (Fsp3) is 0.556. The molecular weight excluding hydrogens is 290 g/mol. The van der Waals surface area contributed by atoms with Crippen molar-refractivity contribution in [2.75, 3.05) is 26.2 Å². The lowest BCUT2D eigenvalue weighted by Crippen LogP contribution is -2.50. The van der Waals surface area contributed by atoms with Crippen LogP contribution in [-0.4, -0.2) is 54.0 Å². The predicted octanol–water partition coefficient (Wildman–Crippen LogP) is 2.65. The van der Waals surface area contributed by atoms with Gasteiger partial charge in [0.2, 0.25) is 0 Å². The van der Waals surface area contributed by atoms with Crippen molar-refractivity contribution in [3.05, 3.63) is 35.4 Å². The second kappa shape index (κ2) is 7.99. The van der Waals surface area contributed by atoms with Gasteiger partial charge in [-0.05, 0) is 45.7 Å². The van der Waals surface area contributed by atoms with Gasteiger partial charge in [0.25, 0.3) is 5.91 Å². The summed E-state index contributed by atoms with van der Waals surface area (Å²) in [5.41, 5.74) is 1.84. The Balaban J connectivity index is 1.83. The molecule has 1 N–H and O–H groups in total. The van der Waals surface area contributed by atoms with Crippen molar-refractivity contribution in [1.29, 1.82) is 0 Å². The van der Waals surface area contributed by atoms with Gasteiger partial charge in [-0.25, -0.2) is 4.79 Å². The van der Waals surface area contributed by atoms with Gasteiger partial charge in [-0.3, -0.25) is 4.79 Å². The second-order valence-electron chi connectivity index (χ2n) is 6.06. The monoisotopic (exact) mass is 317 g/mol. The van der Waals surface area contributed by atoms with Crippen molar-refractivity contribution >= 4 is 11.9 Å². The molecule has 5 nitrogen and oxygen atoms in total. The van der Waals surface area contributed by atoms with E-state index in [1.54, 1.807) is 0 Å². The fourth-order valence-corrected chi connectivity index (χ4v) is 2.88. The molecule has 5 heteroatoms. The molecule has 1 aromatic rings. The highest BCUT2D eigenvalue weighted by molar-refractivity contribution is 5.94. The third-order valence-electron chi connectivity index (χ3n) is 4.45. The summed E-state index contributed by atoms with van der Waals surface area (Å²) >= 11 is 0. The van der Waals surface area contributed by atoms with Crippen LogP contribution in [0.4, 0.5) is 4.79 Å². The lowest BCUT2D eigenvalue weighted by molar-refractivity contribution is 0.0911. The number of benzene rings is 1. The zero-order valence-corrected chi connectivity index (χ0v) is 14.3. The smallest absolute Gasteiger partial charge is 0.319 e. The van der Waals surface area contributed by atoms with E-state index in [4.69, 9.17) is 0 Å². The minimum absolute atomic E-state index is 0.0291. The molecule has 1 saturated heterocycles. The number of nitrogens with one attached hydrogen (secondary N) is 1. The lowest BCUT2D eigenvalue weighted by atomic mass is 10.0. The number of rotatable bonds is 4. The maximum absolute atomic E-state index is 12.3. The highest BCUT2D eigenvalue weighted by Gasteiger charge is 2.26. The van der Waals surface area contributed by atoms with Crippen LogP contribution in [0.25, 0.3) is 0 Å². The van der Waals surface area contributed by atoms with E-state index in [1.165, 1.54) is 0 Å². The van der Waals surface area contributed by atoms with E-state index in [9.17, 15) is 9.59 Å². The van der Waals surface area contributed by atoms with Crippen LogP contribution in [0.3, 0.4) is 0 Å². The van der Waals surface area contributed by atoms with Crippen LogP contribution in [0.1, 0.15) is 42.6 Å². The lowest BCUT2D eigenvalue weighted by Gasteiger charge is -2.35. The molecule has 0 atom stereocenters. The SMILES string of the molecule is CCN(CC)C(=O)N1CCC(NC(=O)c2ccc(C)cc2)CC1. The van der Waals surface area contributed by atoms with E-state index in [0.717, 1.165) is 31.5 Å². The van der Waals surface area contributed by atoms with E-state index in [-0.39, 0.29) is 18.0 Å². The highest BCUT2D eigenvalue weighted by Crippen LogP contribution is 2.13. The van der Waals surface area contributed by atoms with E-state index < -0.39 is 0 Å². The average Bonchev–Trinajstić information content (AvgIpc) is 2.57. The van der Waals surface area contributed by atoms with Crippen LogP contribution in [0.15, 0.2) is 24.3 Å². The summed E-state index contributed by atoms with van der Waals surface area (Å²) in [4.78, 5) is 28.3. The average molecular weight is 317 g/mol. The summed E-state index contributed by atoms with van der Waals surface area (Å²) in [6, 6.07) is 7.84. The van der Waals surface area contributed by atoms with E-state index >= 15 is 0 Å². The number of carbonyl (C=O) groups is 2. The molecule has 1 heterocycles. The Hall–Kier alpha value is -2.04. The Labute approximate surface area is 138 Å². The predicted molar refractivity (Wildman–Crippen MR) is 91.6 cm³/mol. The van der Waals surface area contributed by atoms with Crippen LogP contribution in [0, 0.1) is 6.92 Å². The fourth-order valence-electron chi connectivity index (χ4n) is 2.88. The molecule has 0 aliphatic carbocycles. The normalized spacial score (nSPS) is 15.3. The summed E-state index contributed by atoms with van der Waals surface area (Å²) in [7, 11) is 0. The summed E-state index contributed by atoms with van der Waals surface area (Å²) < 4.78 is 0. The first-order chi connectivity index (χ1) is 11.0. The number of carbonyl (C=O) groups excluding carboxylic acids is 2. The molecule has 0 unspecified atom stereocenters. The van der Waals surface area contributed by atoms with E-state index in [2.05, 4.69) is 5.32 Å². The third-order valence-corrected chi connectivity index (χ3v) is 4.45. The zero-order chi connectivity index (χ0) is 16.8. The van der Waals surface area contributed by atoms with Gasteiger partial charge in [0.1, 0.15) is 0 Å². The zero-order valence-electron chi connectivity index (χ0n) is 14.3. The summed E-state index contributed by atoms with van der Waals surface area (Å²) in [6.07, 6.45) is 1.62. The Morgan fingerprint density at radius 2 is 1.70 bits per heavy atom. The van der Waals surface area contributed by atoms with Gasteiger partial charge >= 0.3 is 6.03 Å². The van der Waals surface area contributed by atoms with Crippen molar-refractivity contribution in [2.24, 2.45) is 0 Å². The van der Waals surface area contributed by atoms with Crippen LogP contribution in [-0.2, 0) is 0 Å². The maximum Gasteiger partial charge on any atom is 0.319 e. The molecule has 1 aliphatic rings. The second-order valence-corrected chi connectivity index (χ2v) is 6.06. The molecule has 0 bridgehead atoms. The molecule has 3 amide bonds. The van der Waals surface area contributed by atoms with Crippen molar-refractivity contribution < 1.29 is 9.59 Å². The molecule has 23 heavy (non-hydrogen) atoms. The molecule has 0 spiro atoms. The van der Waals surface area contributed by atoms with Gasteiger partial charge < -0.3 is 15.1 Å². The Kier molecular flexibility index (Phi) is 6.02. The van der Waals surface area contributed by atoms with Gasteiger partial charge in [0, 0.05) is 37.8 Å². The maximum atomic E-state index is 12.3. The number of nitrogens with zero attached hydrogens (tertiary/aromatic N) is 2. The van der Waals surface area contributed by atoms with Gasteiger partial charge in [0.05, 0.1) is 0 Å². The number of hydrogen-bond acceptors (Lipinski definition) is 2. The number of hydrogen-bond donors (Lipinski definition) is 1. The summed E-state index contributed by atoms with van der Waals surface area (Å²) in [6.45, 7) is 8.87. The van der Waals surface area contributed by atoms with Crippen molar-refractivity contribution in [2.45, 2.75) is 39.7 Å².